The van der Waals surface area contributed by atoms with E-state index in [1.165, 1.54) is 0 Å². The van der Waals surface area contributed by atoms with Gasteiger partial charge in [0, 0.05) is 6.54 Å². The maximum absolute atomic E-state index is 12.0. The van der Waals surface area contributed by atoms with Crippen LogP contribution in [0.5, 0.6) is 0 Å². The summed E-state index contributed by atoms with van der Waals surface area (Å²) in [6, 6.07) is 5.75. The van der Waals surface area contributed by atoms with Gasteiger partial charge in [0.1, 0.15) is 0 Å². The number of fused-ring (bicyclic) bond motifs is 1. The molecule has 102 valence electrons. The molecule has 2 aromatic rings. The van der Waals surface area contributed by atoms with Crippen LogP contribution in [-0.2, 0) is 16.4 Å². The van der Waals surface area contributed by atoms with Gasteiger partial charge in [0.25, 0.3) is 0 Å². The average Bonchev–Trinajstić information content (AvgIpc) is 2.83. The minimum absolute atomic E-state index is 0.0437. The van der Waals surface area contributed by atoms with Crippen molar-refractivity contribution >= 4 is 20.9 Å². The lowest BCUT2D eigenvalue weighted by Crippen LogP contribution is -2.22. The Bertz CT molecular complexity index is 786. The molecular weight excluding hydrogens is 264 g/mol. The lowest BCUT2D eigenvalue weighted by atomic mass is 10.1. The van der Waals surface area contributed by atoms with E-state index in [2.05, 4.69) is 4.98 Å². The fourth-order valence-electron chi connectivity index (χ4n) is 2.78. The number of hydrogen-bond acceptors (Lipinski definition) is 3. The maximum atomic E-state index is 12.0. The van der Waals surface area contributed by atoms with E-state index >= 15 is 0 Å². The summed E-state index contributed by atoms with van der Waals surface area (Å²) in [7, 11) is -2.90. The Kier molecular flexibility index (Phi) is 2.78. The van der Waals surface area contributed by atoms with Crippen LogP contribution in [0.25, 0.3) is 11.0 Å². The highest BCUT2D eigenvalue weighted by atomic mass is 32.2. The molecule has 1 atom stereocenters. The molecule has 3 rings (SSSR count). The van der Waals surface area contributed by atoms with E-state index in [0.717, 1.165) is 16.6 Å². The number of imidazole rings is 1. The molecule has 1 aromatic heterocycles. The van der Waals surface area contributed by atoms with Crippen LogP contribution >= 0.6 is 0 Å². The summed E-state index contributed by atoms with van der Waals surface area (Å²) in [5, 5.41) is 0. The van der Waals surface area contributed by atoms with Gasteiger partial charge in [0.05, 0.1) is 22.5 Å². The largest absolute Gasteiger partial charge is 0.326 e. The van der Waals surface area contributed by atoms with Crippen molar-refractivity contribution in [3.8, 4) is 0 Å². The van der Waals surface area contributed by atoms with Crippen molar-refractivity contribution in [2.24, 2.45) is 5.92 Å². The first-order valence-corrected chi connectivity index (χ1v) is 8.17. The number of hydrogen-bond donors (Lipinski definition) is 1. The number of nitrogens with zero attached hydrogens (tertiary/aromatic N) is 1. The van der Waals surface area contributed by atoms with E-state index in [4.69, 9.17) is 0 Å². The zero-order chi connectivity index (χ0) is 13.6. The van der Waals surface area contributed by atoms with E-state index in [9.17, 15) is 13.2 Å². The van der Waals surface area contributed by atoms with Gasteiger partial charge >= 0.3 is 5.69 Å². The second kappa shape index (κ2) is 4.23. The molecule has 1 N–H and O–H groups in total. The molecule has 1 aromatic carbocycles. The van der Waals surface area contributed by atoms with E-state index in [-0.39, 0.29) is 23.1 Å². The topological polar surface area (TPSA) is 71.9 Å². The third-order valence-electron chi connectivity index (χ3n) is 3.79. The van der Waals surface area contributed by atoms with Gasteiger partial charge in [-0.1, -0.05) is 12.1 Å². The number of benzene rings is 1. The summed E-state index contributed by atoms with van der Waals surface area (Å²) in [5.74, 6) is 0.480. The Morgan fingerprint density at radius 2 is 2.21 bits per heavy atom. The predicted octanol–water partition coefficient (Wildman–Crippen LogP) is 1.07. The van der Waals surface area contributed by atoms with Crippen molar-refractivity contribution in [1.29, 1.82) is 0 Å². The van der Waals surface area contributed by atoms with Gasteiger partial charge in [0.15, 0.2) is 9.84 Å². The lowest BCUT2D eigenvalue weighted by molar-refractivity contribution is 0.490. The zero-order valence-corrected chi connectivity index (χ0v) is 11.5. The molecule has 1 fully saturated rings. The summed E-state index contributed by atoms with van der Waals surface area (Å²) < 4.78 is 24.6. The first-order chi connectivity index (χ1) is 8.96. The van der Waals surface area contributed by atoms with E-state index in [1.54, 1.807) is 4.57 Å². The smallest absolute Gasteiger partial charge is 0.305 e. The van der Waals surface area contributed by atoms with Crippen LogP contribution in [0.15, 0.2) is 23.0 Å². The second-order valence-electron chi connectivity index (χ2n) is 5.28. The van der Waals surface area contributed by atoms with Crippen LogP contribution in [0.1, 0.15) is 12.0 Å². The van der Waals surface area contributed by atoms with Crippen LogP contribution in [0.4, 0.5) is 0 Å². The Morgan fingerprint density at radius 3 is 2.89 bits per heavy atom. The molecule has 0 bridgehead atoms. The SMILES string of the molecule is Cc1cccc2c1[nH]c(=O)n2CC1CCS(=O)(=O)C1. The minimum atomic E-state index is -2.90. The predicted molar refractivity (Wildman–Crippen MR) is 74.1 cm³/mol. The average molecular weight is 280 g/mol. The molecule has 1 aliphatic heterocycles. The normalized spacial score (nSPS) is 22.1. The van der Waals surface area contributed by atoms with Crippen LogP contribution < -0.4 is 5.69 Å². The third kappa shape index (κ3) is 2.20. The minimum Gasteiger partial charge on any atom is -0.305 e. The fraction of sp³-hybridized carbons (Fsp3) is 0.462. The van der Waals surface area contributed by atoms with E-state index < -0.39 is 9.84 Å². The molecule has 0 radical (unpaired) electrons. The van der Waals surface area contributed by atoms with Gasteiger partial charge in [-0.2, -0.15) is 0 Å². The molecule has 0 spiro atoms. The highest BCUT2D eigenvalue weighted by molar-refractivity contribution is 7.91. The zero-order valence-electron chi connectivity index (χ0n) is 10.7. The number of sulfone groups is 1. The molecule has 1 aliphatic rings. The summed E-state index contributed by atoms with van der Waals surface area (Å²) in [5.41, 5.74) is 2.56. The van der Waals surface area contributed by atoms with E-state index in [0.29, 0.717) is 13.0 Å². The van der Waals surface area contributed by atoms with Gasteiger partial charge in [-0.25, -0.2) is 13.2 Å². The number of nitrogens with one attached hydrogen (secondary N) is 1. The van der Waals surface area contributed by atoms with Crippen molar-refractivity contribution in [2.75, 3.05) is 11.5 Å². The van der Waals surface area contributed by atoms with Crippen molar-refractivity contribution in [2.45, 2.75) is 19.9 Å². The van der Waals surface area contributed by atoms with Gasteiger partial charge in [-0.3, -0.25) is 4.57 Å². The number of rotatable bonds is 2. The fourth-order valence-corrected chi connectivity index (χ4v) is 4.63. The molecule has 2 heterocycles. The van der Waals surface area contributed by atoms with Gasteiger partial charge < -0.3 is 4.98 Å². The summed E-state index contributed by atoms with van der Waals surface area (Å²) >= 11 is 0. The molecule has 6 heteroatoms. The second-order valence-corrected chi connectivity index (χ2v) is 7.51. The van der Waals surface area contributed by atoms with Crippen molar-refractivity contribution in [3.63, 3.8) is 0 Å². The Hall–Kier alpha value is -1.56. The molecule has 0 aliphatic carbocycles. The monoisotopic (exact) mass is 280 g/mol. The summed E-state index contributed by atoms with van der Waals surface area (Å²) in [4.78, 5) is 14.8. The number of aromatic amines is 1. The summed E-state index contributed by atoms with van der Waals surface area (Å²) in [6.07, 6.45) is 0.646. The van der Waals surface area contributed by atoms with Gasteiger partial charge in [0.2, 0.25) is 0 Å². The highest BCUT2D eigenvalue weighted by Crippen LogP contribution is 2.22. The maximum Gasteiger partial charge on any atom is 0.326 e. The Labute approximate surface area is 111 Å². The number of aryl methyl sites for hydroxylation is 1. The Balaban J connectivity index is 2.00. The Morgan fingerprint density at radius 1 is 1.42 bits per heavy atom. The number of para-hydroxylation sites is 1. The third-order valence-corrected chi connectivity index (χ3v) is 5.62. The molecule has 5 nitrogen and oxygen atoms in total. The molecule has 1 saturated heterocycles. The molecular formula is C13H16N2O3S. The van der Waals surface area contributed by atoms with Crippen molar-refractivity contribution < 1.29 is 8.42 Å². The van der Waals surface area contributed by atoms with Crippen molar-refractivity contribution in [3.05, 3.63) is 34.2 Å². The molecule has 1 unspecified atom stereocenters. The lowest BCUT2D eigenvalue weighted by Gasteiger charge is -2.08. The number of H-pyrrole nitrogens is 1. The van der Waals surface area contributed by atoms with Crippen molar-refractivity contribution in [1.82, 2.24) is 9.55 Å². The van der Waals surface area contributed by atoms with Crippen LogP contribution in [0.2, 0.25) is 0 Å². The van der Waals surface area contributed by atoms with E-state index in [1.807, 2.05) is 25.1 Å². The first-order valence-electron chi connectivity index (χ1n) is 6.35. The molecule has 0 saturated carbocycles. The first kappa shape index (κ1) is 12.5. The summed E-state index contributed by atoms with van der Waals surface area (Å²) in [6.45, 7) is 2.42. The van der Waals surface area contributed by atoms with Crippen LogP contribution in [0, 0.1) is 12.8 Å². The molecule has 0 amide bonds. The highest BCUT2D eigenvalue weighted by Gasteiger charge is 2.28. The quantitative estimate of drug-likeness (QED) is 0.894. The van der Waals surface area contributed by atoms with Crippen LogP contribution in [0.3, 0.4) is 0 Å². The molecule has 19 heavy (non-hydrogen) atoms. The van der Waals surface area contributed by atoms with Gasteiger partial charge in [-0.15, -0.1) is 0 Å². The number of aromatic nitrogens is 2. The van der Waals surface area contributed by atoms with Gasteiger partial charge in [-0.05, 0) is 30.9 Å². The standard InChI is InChI=1S/C13H16N2O3S/c1-9-3-2-4-11-12(9)14-13(16)15(11)7-10-5-6-19(17,18)8-10/h2-4,10H,5-8H2,1H3,(H,14,16). The van der Waals surface area contributed by atoms with Crippen LogP contribution in [-0.4, -0.2) is 29.5 Å².